The molecule has 0 aliphatic rings. The number of anilines is 1. The maximum absolute atomic E-state index is 11.7. The Balaban J connectivity index is 2.03. The highest BCUT2D eigenvalue weighted by atomic mass is 35.5. The molecule has 2 rings (SSSR count). The van der Waals surface area contributed by atoms with Gasteiger partial charge in [-0.1, -0.05) is 22.9 Å². The molecule has 1 aromatic heterocycles. The van der Waals surface area contributed by atoms with E-state index in [0.29, 0.717) is 10.2 Å². The van der Waals surface area contributed by atoms with Crippen LogP contribution in [0, 0.1) is 0 Å². The fourth-order valence-corrected chi connectivity index (χ4v) is 2.55. The molecule has 19 heavy (non-hydrogen) atoms. The third kappa shape index (κ3) is 4.16. The van der Waals surface area contributed by atoms with Crippen LogP contribution < -0.4 is 5.32 Å². The van der Waals surface area contributed by atoms with E-state index in [0.717, 1.165) is 10.2 Å². The molecule has 0 aliphatic carbocycles. The number of aromatic nitrogens is 1. The number of hydrogen-bond donors (Lipinski definition) is 1. The first-order chi connectivity index (χ1) is 8.83. The summed E-state index contributed by atoms with van der Waals surface area (Å²) in [5, 5.41) is 3.94. The van der Waals surface area contributed by atoms with Gasteiger partial charge in [-0.3, -0.25) is 10.1 Å². The van der Waals surface area contributed by atoms with E-state index in [1.807, 2.05) is 32.9 Å². The van der Waals surface area contributed by atoms with E-state index >= 15 is 0 Å². The van der Waals surface area contributed by atoms with Crippen molar-refractivity contribution >= 4 is 44.2 Å². The van der Waals surface area contributed by atoms with Gasteiger partial charge in [0.2, 0.25) is 0 Å². The average Bonchev–Trinajstić information content (AvgIpc) is 2.66. The summed E-state index contributed by atoms with van der Waals surface area (Å²) < 4.78 is 6.34. The smallest absolute Gasteiger partial charge is 0.252 e. The van der Waals surface area contributed by atoms with Gasteiger partial charge < -0.3 is 4.74 Å². The second-order valence-electron chi connectivity index (χ2n) is 5.08. The van der Waals surface area contributed by atoms with Gasteiger partial charge in [-0.25, -0.2) is 4.98 Å². The summed E-state index contributed by atoms with van der Waals surface area (Å²) in [6, 6.07) is 5.43. The van der Waals surface area contributed by atoms with Crippen molar-refractivity contribution in [1.29, 1.82) is 0 Å². The molecule has 0 fully saturated rings. The molecule has 102 valence electrons. The first-order valence-electron chi connectivity index (χ1n) is 5.83. The summed E-state index contributed by atoms with van der Waals surface area (Å²) in [5.41, 5.74) is 0.486. The van der Waals surface area contributed by atoms with Crippen molar-refractivity contribution in [3.8, 4) is 0 Å². The third-order valence-electron chi connectivity index (χ3n) is 2.23. The fourth-order valence-electron chi connectivity index (χ4n) is 1.39. The number of amides is 1. The normalized spacial score (nSPS) is 11.8. The van der Waals surface area contributed by atoms with Gasteiger partial charge in [0.1, 0.15) is 6.61 Å². The van der Waals surface area contributed by atoms with E-state index in [2.05, 4.69) is 10.3 Å². The van der Waals surface area contributed by atoms with Crippen molar-refractivity contribution in [2.45, 2.75) is 26.4 Å². The number of ether oxygens (including phenoxy) is 1. The SMILES string of the molecule is CC(C)(C)OCC(=O)Nc1nc2ccc(Cl)cc2s1. The van der Waals surface area contributed by atoms with Crippen LogP contribution in [0.4, 0.5) is 5.13 Å². The van der Waals surface area contributed by atoms with Gasteiger partial charge in [0.25, 0.3) is 5.91 Å². The Labute approximate surface area is 120 Å². The van der Waals surface area contributed by atoms with Crippen LogP contribution in [-0.4, -0.2) is 23.1 Å². The zero-order valence-corrected chi connectivity index (χ0v) is 12.6. The van der Waals surface area contributed by atoms with Crippen molar-refractivity contribution in [2.24, 2.45) is 0 Å². The molecule has 0 atom stereocenters. The van der Waals surface area contributed by atoms with Crippen LogP contribution in [0.5, 0.6) is 0 Å². The zero-order chi connectivity index (χ0) is 14.0. The van der Waals surface area contributed by atoms with Gasteiger partial charge in [0.15, 0.2) is 5.13 Å². The van der Waals surface area contributed by atoms with Crippen molar-refractivity contribution < 1.29 is 9.53 Å². The quantitative estimate of drug-likeness (QED) is 0.940. The van der Waals surface area contributed by atoms with Crippen LogP contribution >= 0.6 is 22.9 Å². The van der Waals surface area contributed by atoms with Gasteiger partial charge in [-0.05, 0) is 39.0 Å². The molecule has 1 amide bonds. The monoisotopic (exact) mass is 298 g/mol. The van der Waals surface area contributed by atoms with Crippen LogP contribution in [0.3, 0.4) is 0 Å². The second-order valence-corrected chi connectivity index (χ2v) is 6.55. The fraction of sp³-hybridized carbons (Fsp3) is 0.385. The highest BCUT2D eigenvalue weighted by Gasteiger charge is 2.14. The lowest BCUT2D eigenvalue weighted by molar-refractivity contribution is -0.125. The average molecular weight is 299 g/mol. The van der Waals surface area contributed by atoms with Crippen molar-refractivity contribution in [2.75, 3.05) is 11.9 Å². The van der Waals surface area contributed by atoms with E-state index in [4.69, 9.17) is 16.3 Å². The molecular weight excluding hydrogens is 284 g/mol. The molecule has 6 heteroatoms. The molecule has 0 saturated carbocycles. The Morgan fingerprint density at radius 3 is 2.89 bits per heavy atom. The number of nitrogens with zero attached hydrogens (tertiary/aromatic N) is 1. The molecule has 0 spiro atoms. The van der Waals surface area contributed by atoms with Crippen molar-refractivity contribution in [3.05, 3.63) is 23.2 Å². The summed E-state index contributed by atoms with van der Waals surface area (Å²) in [5.74, 6) is -0.208. The predicted molar refractivity (Wildman–Crippen MR) is 79.0 cm³/mol. The van der Waals surface area contributed by atoms with Crippen LogP contribution in [0.1, 0.15) is 20.8 Å². The summed E-state index contributed by atoms with van der Waals surface area (Å²) in [7, 11) is 0. The molecule has 1 N–H and O–H groups in total. The molecule has 0 saturated heterocycles. The molecular formula is C13H15ClN2O2S. The van der Waals surface area contributed by atoms with E-state index < -0.39 is 0 Å². The number of carbonyl (C=O) groups is 1. The second kappa shape index (κ2) is 5.45. The zero-order valence-electron chi connectivity index (χ0n) is 11.0. The highest BCUT2D eigenvalue weighted by Crippen LogP contribution is 2.28. The first kappa shape index (κ1) is 14.2. The first-order valence-corrected chi connectivity index (χ1v) is 7.03. The summed E-state index contributed by atoms with van der Waals surface area (Å²) in [6.45, 7) is 5.72. The van der Waals surface area contributed by atoms with Crippen LogP contribution in [0.15, 0.2) is 18.2 Å². The maximum atomic E-state index is 11.7. The molecule has 0 radical (unpaired) electrons. The van der Waals surface area contributed by atoms with Gasteiger partial charge >= 0.3 is 0 Å². The number of thiazole rings is 1. The number of nitrogens with one attached hydrogen (secondary N) is 1. The van der Waals surface area contributed by atoms with E-state index in [-0.39, 0.29) is 18.1 Å². The Morgan fingerprint density at radius 2 is 2.21 bits per heavy atom. The summed E-state index contributed by atoms with van der Waals surface area (Å²) in [6.07, 6.45) is 0. The lowest BCUT2D eigenvalue weighted by Gasteiger charge is -2.18. The molecule has 2 aromatic rings. The van der Waals surface area contributed by atoms with Gasteiger partial charge in [0, 0.05) is 5.02 Å². The number of carbonyl (C=O) groups excluding carboxylic acids is 1. The molecule has 1 aromatic carbocycles. The Hall–Kier alpha value is -1.17. The standard InChI is InChI=1S/C13H15ClN2O2S/c1-13(2,3)18-7-11(17)16-12-15-9-5-4-8(14)6-10(9)19-12/h4-6H,7H2,1-3H3,(H,15,16,17). The lowest BCUT2D eigenvalue weighted by atomic mass is 10.2. The van der Waals surface area contributed by atoms with E-state index in [1.54, 1.807) is 6.07 Å². The number of benzene rings is 1. The minimum absolute atomic E-state index is 0.0141. The van der Waals surface area contributed by atoms with Crippen LogP contribution in [-0.2, 0) is 9.53 Å². The Bertz CT molecular complexity index is 604. The minimum atomic E-state index is -0.335. The topological polar surface area (TPSA) is 51.2 Å². The lowest BCUT2D eigenvalue weighted by Crippen LogP contribution is -2.27. The third-order valence-corrected chi connectivity index (χ3v) is 3.40. The molecule has 4 nitrogen and oxygen atoms in total. The highest BCUT2D eigenvalue weighted by molar-refractivity contribution is 7.22. The Kier molecular flexibility index (Phi) is 4.08. The largest absolute Gasteiger partial charge is 0.366 e. The van der Waals surface area contributed by atoms with E-state index in [9.17, 15) is 4.79 Å². The number of fused-ring (bicyclic) bond motifs is 1. The van der Waals surface area contributed by atoms with E-state index in [1.165, 1.54) is 11.3 Å². The van der Waals surface area contributed by atoms with Gasteiger partial charge in [-0.15, -0.1) is 0 Å². The summed E-state index contributed by atoms with van der Waals surface area (Å²) in [4.78, 5) is 16.0. The minimum Gasteiger partial charge on any atom is -0.366 e. The summed E-state index contributed by atoms with van der Waals surface area (Å²) >= 11 is 7.30. The molecule has 1 heterocycles. The molecule has 0 bridgehead atoms. The van der Waals surface area contributed by atoms with Gasteiger partial charge in [0.05, 0.1) is 15.8 Å². The van der Waals surface area contributed by atoms with Gasteiger partial charge in [-0.2, -0.15) is 0 Å². The number of halogens is 1. The maximum Gasteiger partial charge on any atom is 0.252 e. The predicted octanol–water partition coefficient (Wildman–Crippen LogP) is 3.70. The Morgan fingerprint density at radius 1 is 1.47 bits per heavy atom. The number of hydrogen-bond acceptors (Lipinski definition) is 4. The molecule has 0 aliphatic heterocycles. The number of rotatable bonds is 3. The van der Waals surface area contributed by atoms with Crippen molar-refractivity contribution in [1.82, 2.24) is 4.98 Å². The van der Waals surface area contributed by atoms with Crippen molar-refractivity contribution in [3.63, 3.8) is 0 Å². The molecule has 0 unspecified atom stereocenters. The van der Waals surface area contributed by atoms with Crippen LogP contribution in [0.2, 0.25) is 5.02 Å². The van der Waals surface area contributed by atoms with Crippen LogP contribution in [0.25, 0.3) is 10.2 Å².